The number of carboxylic acids is 1. The molecule has 0 heterocycles. The SMILES string of the molecule is CC(=O)O.Nc1ccc([CH2][Hg])cc1. The van der Waals surface area contributed by atoms with E-state index in [4.69, 9.17) is 15.6 Å². The summed E-state index contributed by atoms with van der Waals surface area (Å²) in [5.41, 5.74) is 7.78. The van der Waals surface area contributed by atoms with Crippen LogP contribution >= 0.6 is 0 Å². The molecule has 0 radical (unpaired) electrons. The molecule has 0 fully saturated rings. The van der Waals surface area contributed by atoms with E-state index in [0.29, 0.717) is 0 Å². The summed E-state index contributed by atoms with van der Waals surface area (Å²) in [6.07, 6.45) is 0. The van der Waals surface area contributed by atoms with Gasteiger partial charge in [0.15, 0.2) is 0 Å². The standard InChI is InChI=1S/C7H8N.C2H4O2.Hg/c1-6-2-4-7(8)5-3-6;1-2(3)4;/h2-5H,1,8H2;1H3,(H,3,4);. The number of hydrogen-bond acceptors (Lipinski definition) is 2. The first-order valence-electron chi connectivity index (χ1n) is 3.89. The van der Waals surface area contributed by atoms with Gasteiger partial charge in [0.2, 0.25) is 0 Å². The van der Waals surface area contributed by atoms with E-state index in [-0.39, 0.29) is 0 Å². The summed E-state index contributed by atoms with van der Waals surface area (Å²) in [4.78, 5) is 9.00. The average Bonchev–Trinajstić information content (AvgIpc) is 2.05. The van der Waals surface area contributed by atoms with Crippen molar-refractivity contribution in [3.05, 3.63) is 29.8 Å². The molecule has 1 aromatic rings. The molecule has 0 aliphatic heterocycles. The van der Waals surface area contributed by atoms with Gasteiger partial charge in [0.1, 0.15) is 0 Å². The van der Waals surface area contributed by atoms with E-state index in [2.05, 4.69) is 12.1 Å². The van der Waals surface area contributed by atoms with Crippen LogP contribution in [0.4, 0.5) is 5.69 Å². The third-order valence-corrected chi connectivity index (χ3v) is 3.51. The fourth-order valence-corrected chi connectivity index (χ4v) is 1.98. The van der Waals surface area contributed by atoms with Gasteiger partial charge in [-0.2, -0.15) is 0 Å². The first kappa shape index (κ1) is 12.4. The number of benzene rings is 1. The third kappa shape index (κ3) is 7.78. The summed E-state index contributed by atoms with van der Waals surface area (Å²) < 4.78 is 1.28. The fraction of sp³-hybridized carbons (Fsp3) is 0.222. The molecule has 0 amide bonds. The fourth-order valence-electron chi connectivity index (χ4n) is 0.684. The van der Waals surface area contributed by atoms with Crippen molar-refractivity contribution in [1.82, 2.24) is 0 Å². The van der Waals surface area contributed by atoms with Gasteiger partial charge in [-0.25, -0.2) is 0 Å². The Bertz CT molecular complexity index is 255. The first-order chi connectivity index (χ1) is 6.06. The number of rotatable bonds is 1. The molecule has 1 rings (SSSR count). The zero-order chi connectivity index (χ0) is 10.3. The second-order valence-corrected chi connectivity index (χ2v) is 4.45. The van der Waals surface area contributed by atoms with Crippen LogP contribution in [-0.4, -0.2) is 11.1 Å². The molecule has 0 aliphatic rings. The molecule has 13 heavy (non-hydrogen) atoms. The molecule has 3 nitrogen and oxygen atoms in total. The molecule has 0 atom stereocenters. The van der Waals surface area contributed by atoms with Gasteiger partial charge >= 0.3 is 71.3 Å². The van der Waals surface area contributed by atoms with Crippen molar-refractivity contribution in [3.8, 4) is 0 Å². The molecule has 67 valence electrons. The van der Waals surface area contributed by atoms with Crippen LogP contribution in [-0.2, 0) is 34.8 Å². The van der Waals surface area contributed by atoms with Crippen molar-refractivity contribution >= 4 is 11.7 Å². The normalized spacial score (nSPS) is 8.54. The second kappa shape index (κ2) is 6.89. The Balaban J connectivity index is 0.000000310. The number of carbonyl (C=O) groups is 1. The number of nitrogen functional groups attached to an aromatic ring is 1. The van der Waals surface area contributed by atoms with Crippen LogP contribution in [0, 0.1) is 0 Å². The van der Waals surface area contributed by atoms with Crippen molar-refractivity contribution in [2.45, 2.75) is 10.9 Å². The topological polar surface area (TPSA) is 63.3 Å². The van der Waals surface area contributed by atoms with Crippen LogP contribution in [0.3, 0.4) is 0 Å². The van der Waals surface area contributed by atoms with E-state index in [9.17, 15) is 0 Å². The van der Waals surface area contributed by atoms with Crippen LogP contribution in [0.5, 0.6) is 0 Å². The summed E-state index contributed by atoms with van der Waals surface area (Å²) in [6.45, 7) is 1.08. The van der Waals surface area contributed by atoms with Crippen molar-refractivity contribution in [2.75, 3.05) is 5.73 Å². The number of nitrogens with two attached hydrogens (primary N) is 1. The van der Waals surface area contributed by atoms with Crippen molar-refractivity contribution in [2.24, 2.45) is 0 Å². The number of hydrogen-bond donors (Lipinski definition) is 2. The van der Waals surface area contributed by atoms with E-state index in [0.717, 1.165) is 38.7 Å². The molecule has 1 aromatic carbocycles. The average molecular weight is 367 g/mol. The Morgan fingerprint density at radius 3 is 2.15 bits per heavy atom. The summed E-state index contributed by atoms with van der Waals surface area (Å²) in [5.74, 6) is -0.833. The monoisotopic (exact) mass is 368 g/mol. The van der Waals surface area contributed by atoms with Crippen molar-refractivity contribution < 1.29 is 36.0 Å². The van der Waals surface area contributed by atoms with Gasteiger partial charge in [0, 0.05) is 6.92 Å². The van der Waals surface area contributed by atoms with E-state index < -0.39 is 5.97 Å². The van der Waals surface area contributed by atoms with Gasteiger partial charge in [0.05, 0.1) is 0 Å². The maximum atomic E-state index is 9.00. The Kier molecular flexibility index (Phi) is 6.58. The molecule has 0 aliphatic carbocycles. The van der Waals surface area contributed by atoms with Gasteiger partial charge in [0.25, 0.3) is 5.97 Å². The minimum absolute atomic E-state index is 0.833. The summed E-state index contributed by atoms with van der Waals surface area (Å²) >= 11 is 0.875. The minimum atomic E-state index is -0.833. The molecule has 0 saturated heterocycles. The molecule has 3 N–H and O–H groups in total. The predicted molar refractivity (Wildman–Crippen MR) is 47.9 cm³/mol. The van der Waals surface area contributed by atoms with Gasteiger partial charge < -0.3 is 5.11 Å². The van der Waals surface area contributed by atoms with Crippen molar-refractivity contribution in [1.29, 1.82) is 0 Å². The molecular weight excluding hydrogens is 355 g/mol. The van der Waals surface area contributed by atoms with Gasteiger partial charge in [-0.1, -0.05) is 0 Å². The Morgan fingerprint density at radius 1 is 1.46 bits per heavy atom. The van der Waals surface area contributed by atoms with Gasteiger partial charge in [-0.3, -0.25) is 4.79 Å². The van der Waals surface area contributed by atoms with Crippen molar-refractivity contribution in [3.63, 3.8) is 0 Å². The van der Waals surface area contributed by atoms with E-state index in [1.165, 1.54) is 9.49 Å². The maximum absolute atomic E-state index is 9.00. The molecular formula is C9H12HgNO2. The molecule has 0 saturated carbocycles. The van der Waals surface area contributed by atoms with Crippen LogP contribution in [0.25, 0.3) is 0 Å². The predicted octanol–water partition coefficient (Wildman–Crippen LogP) is 1.41. The third-order valence-electron chi connectivity index (χ3n) is 1.27. The van der Waals surface area contributed by atoms with E-state index in [1.807, 2.05) is 12.1 Å². The van der Waals surface area contributed by atoms with E-state index in [1.54, 1.807) is 0 Å². The first-order valence-corrected chi connectivity index (χ1v) is 7.78. The quantitative estimate of drug-likeness (QED) is 0.583. The zero-order valence-corrected chi connectivity index (χ0v) is 13.2. The molecule has 4 heteroatoms. The number of aliphatic carboxylic acids is 1. The molecule has 0 spiro atoms. The molecule has 0 bridgehead atoms. The molecule has 0 aromatic heterocycles. The van der Waals surface area contributed by atoms with Crippen LogP contribution in [0.1, 0.15) is 12.5 Å². The van der Waals surface area contributed by atoms with Crippen LogP contribution in [0.15, 0.2) is 24.3 Å². The van der Waals surface area contributed by atoms with Gasteiger partial charge in [-0.15, -0.1) is 0 Å². The number of anilines is 1. The van der Waals surface area contributed by atoms with Crippen LogP contribution in [0.2, 0.25) is 0 Å². The Hall–Kier alpha value is -0.575. The van der Waals surface area contributed by atoms with Crippen LogP contribution < -0.4 is 5.73 Å². The van der Waals surface area contributed by atoms with E-state index >= 15 is 0 Å². The summed E-state index contributed by atoms with van der Waals surface area (Å²) in [6, 6.07) is 8.12. The summed E-state index contributed by atoms with van der Waals surface area (Å²) in [5, 5.41) is 7.42. The Morgan fingerprint density at radius 2 is 1.85 bits per heavy atom. The number of carboxylic acid groups (broad SMARTS) is 1. The Labute approximate surface area is 93.9 Å². The van der Waals surface area contributed by atoms with Gasteiger partial charge in [-0.05, 0) is 0 Å². The molecule has 0 unspecified atom stereocenters. The summed E-state index contributed by atoms with van der Waals surface area (Å²) in [7, 11) is 0. The second-order valence-electron chi connectivity index (χ2n) is 2.51. The zero-order valence-electron chi connectivity index (χ0n) is 7.66.